The molecule has 1 saturated carbocycles. The third-order valence-electron chi connectivity index (χ3n) is 6.69. The van der Waals surface area contributed by atoms with Gasteiger partial charge in [-0.05, 0) is 74.4 Å². The molecule has 3 rings (SSSR count). The van der Waals surface area contributed by atoms with Crippen LogP contribution in [-0.2, 0) is 0 Å². The fraction of sp³-hybridized carbons (Fsp3) is 0.739. The van der Waals surface area contributed by atoms with Gasteiger partial charge < -0.3 is 4.90 Å². The van der Waals surface area contributed by atoms with Crippen molar-refractivity contribution in [1.29, 1.82) is 0 Å². The van der Waals surface area contributed by atoms with Gasteiger partial charge in [-0.3, -0.25) is 0 Å². The number of rotatable bonds is 6. The lowest BCUT2D eigenvalue weighted by atomic mass is 9.82. The Balaban J connectivity index is 1.46. The van der Waals surface area contributed by atoms with Gasteiger partial charge in [-0.25, -0.2) is 0 Å². The topological polar surface area (TPSA) is 3.24 Å². The van der Waals surface area contributed by atoms with E-state index in [1.807, 2.05) is 0 Å². The smallest absolute Gasteiger partial charge is 0.0101 e. The molecule has 1 aromatic carbocycles. The fourth-order valence-electron chi connectivity index (χ4n) is 5.09. The van der Waals surface area contributed by atoms with Crippen molar-refractivity contribution in [1.82, 2.24) is 4.90 Å². The molecule has 1 saturated heterocycles. The Morgan fingerprint density at radius 3 is 2.46 bits per heavy atom. The average molecular weight is 328 g/mol. The van der Waals surface area contributed by atoms with Gasteiger partial charge in [0.05, 0.1) is 0 Å². The van der Waals surface area contributed by atoms with Crippen molar-refractivity contribution in [3.05, 3.63) is 35.9 Å². The minimum absolute atomic E-state index is 0.621. The number of hydrogen-bond donors (Lipinski definition) is 0. The maximum atomic E-state index is 2.83. The Morgan fingerprint density at radius 2 is 1.79 bits per heavy atom. The number of nitrogens with zero attached hydrogens (tertiary/aromatic N) is 1. The molecule has 2 atom stereocenters. The first-order valence-corrected chi connectivity index (χ1v) is 10.3. The summed E-state index contributed by atoms with van der Waals surface area (Å²) in [6.45, 7) is 9.90. The van der Waals surface area contributed by atoms with Crippen molar-refractivity contribution < 1.29 is 0 Å². The molecule has 2 fully saturated rings. The minimum Gasteiger partial charge on any atom is -0.300 e. The van der Waals surface area contributed by atoms with E-state index in [0.717, 1.165) is 17.9 Å². The second kappa shape index (κ2) is 8.04. The van der Waals surface area contributed by atoms with Crippen LogP contribution in [0.4, 0.5) is 0 Å². The molecule has 0 bridgehead atoms. The van der Waals surface area contributed by atoms with Crippen molar-refractivity contribution >= 4 is 0 Å². The molecule has 1 aliphatic heterocycles. The number of hydrogen-bond acceptors (Lipinski definition) is 1. The van der Waals surface area contributed by atoms with Gasteiger partial charge in [-0.1, -0.05) is 63.9 Å². The van der Waals surface area contributed by atoms with Crippen molar-refractivity contribution in [3.63, 3.8) is 0 Å². The molecule has 1 nitrogen and oxygen atoms in total. The van der Waals surface area contributed by atoms with Crippen molar-refractivity contribution in [2.24, 2.45) is 11.3 Å². The predicted octanol–water partition coefficient (Wildman–Crippen LogP) is 6.25. The third kappa shape index (κ3) is 4.63. The predicted molar refractivity (Wildman–Crippen MR) is 104 cm³/mol. The highest BCUT2D eigenvalue weighted by molar-refractivity contribution is 5.20. The molecule has 1 aromatic rings. The molecule has 24 heavy (non-hydrogen) atoms. The van der Waals surface area contributed by atoms with Crippen LogP contribution in [0.25, 0.3) is 0 Å². The largest absolute Gasteiger partial charge is 0.300 e. The lowest BCUT2D eigenvalue weighted by Gasteiger charge is -2.37. The summed E-state index contributed by atoms with van der Waals surface area (Å²) in [6, 6.07) is 12.0. The summed E-state index contributed by atoms with van der Waals surface area (Å²) in [7, 11) is 0. The lowest BCUT2D eigenvalue weighted by molar-refractivity contribution is 0.141. The highest BCUT2D eigenvalue weighted by atomic mass is 15.2. The highest BCUT2D eigenvalue weighted by Gasteiger charge is 2.38. The van der Waals surface area contributed by atoms with Crippen molar-refractivity contribution in [2.75, 3.05) is 13.1 Å². The van der Waals surface area contributed by atoms with E-state index in [-0.39, 0.29) is 0 Å². The van der Waals surface area contributed by atoms with Crippen LogP contribution in [-0.4, -0.2) is 24.0 Å². The molecule has 1 heterocycles. The molecule has 0 amide bonds. The molecule has 134 valence electrons. The first-order chi connectivity index (χ1) is 11.6. The summed E-state index contributed by atoms with van der Waals surface area (Å²) >= 11 is 0. The second-order valence-electron chi connectivity index (χ2n) is 9.21. The van der Waals surface area contributed by atoms with Gasteiger partial charge in [-0.2, -0.15) is 0 Å². The summed E-state index contributed by atoms with van der Waals surface area (Å²) in [6.07, 6.45) is 11.3. The van der Waals surface area contributed by atoms with Gasteiger partial charge in [0.2, 0.25) is 0 Å². The Kier molecular flexibility index (Phi) is 6.02. The van der Waals surface area contributed by atoms with E-state index in [2.05, 4.69) is 56.0 Å². The summed E-state index contributed by atoms with van der Waals surface area (Å²) in [5.41, 5.74) is 2.18. The van der Waals surface area contributed by atoms with Gasteiger partial charge in [0.15, 0.2) is 0 Å². The average Bonchev–Trinajstić information content (AvgIpc) is 2.98. The summed E-state index contributed by atoms with van der Waals surface area (Å²) in [5, 5.41) is 0. The van der Waals surface area contributed by atoms with E-state index in [1.165, 1.54) is 64.5 Å². The van der Waals surface area contributed by atoms with Crippen LogP contribution >= 0.6 is 0 Å². The monoisotopic (exact) mass is 327 g/mol. The molecule has 0 radical (unpaired) electrons. The van der Waals surface area contributed by atoms with E-state index in [0.29, 0.717) is 5.41 Å². The SMILES string of the molecule is CC(C)CCCC1(C)CCC(N2CCC(c3ccccc3)CC2)C1. The summed E-state index contributed by atoms with van der Waals surface area (Å²) in [4.78, 5) is 2.83. The third-order valence-corrected chi connectivity index (χ3v) is 6.69. The van der Waals surface area contributed by atoms with Crippen LogP contribution in [0.5, 0.6) is 0 Å². The molecule has 1 aliphatic carbocycles. The van der Waals surface area contributed by atoms with Crippen LogP contribution < -0.4 is 0 Å². The maximum absolute atomic E-state index is 2.83. The van der Waals surface area contributed by atoms with E-state index in [9.17, 15) is 0 Å². The molecular weight excluding hydrogens is 290 g/mol. The molecule has 2 unspecified atom stereocenters. The van der Waals surface area contributed by atoms with Crippen LogP contribution in [0.15, 0.2) is 30.3 Å². The van der Waals surface area contributed by atoms with Gasteiger partial charge in [0.1, 0.15) is 0 Å². The molecule has 1 heteroatoms. The lowest BCUT2D eigenvalue weighted by Crippen LogP contribution is -2.40. The number of likely N-dealkylation sites (tertiary alicyclic amines) is 1. The van der Waals surface area contributed by atoms with Crippen LogP contribution in [0.2, 0.25) is 0 Å². The van der Waals surface area contributed by atoms with Crippen LogP contribution in [0.1, 0.15) is 83.6 Å². The molecular formula is C23H37N. The number of piperidine rings is 1. The van der Waals surface area contributed by atoms with Crippen LogP contribution in [0.3, 0.4) is 0 Å². The Bertz CT molecular complexity index is 486. The Hall–Kier alpha value is -0.820. The van der Waals surface area contributed by atoms with E-state index in [4.69, 9.17) is 0 Å². The van der Waals surface area contributed by atoms with Crippen LogP contribution in [0, 0.1) is 11.3 Å². The van der Waals surface area contributed by atoms with Gasteiger partial charge in [0.25, 0.3) is 0 Å². The second-order valence-corrected chi connectivity index (χ2v) is 9.21. The quantitative estimate of drug-likeness (QED) is 0.597. The zero-order valence-electron chi connectivity index (χ0n) is 16.1. The van der Waals surface area contributed by atoms with E-state index >= 15 is 0 Å². The first kappa shape index (κ1) is 18.0. The molecule has 0 spiro atoms. The van der Waals surface area contributed by atoms with E-state index < -0.39 is 0 Å². The van der Waals surface area contributed by atoms with Crippen molar-refractivity contribution in [2.45, 2.75) is 84.1 Å². The van der Waals surface area contributed by atoms with Crippen molar-refractivity contribution in [3.8, 4) is 0 Å². The summed E-state index contributed by atoms with van der Waals surface area (Å²) < 4.78 is 0. The molecule has 0 N–H and O–H groups in total. The maximum Gasteiger partial charge on any atom is 0.0101 e. The van der Waals surface area contributed by atoms with Gasteiger partial charge >= 0.3 is 0 Å². The first-order valence-electron chi connectivity index (χ1n) is 10.3. The van der Waals surface area contributed by atoms with Gasteiger partial charge in [0, 0.05) is 6.04 Å². The standard InChI is InChI=1S/C23H37N/c1-19(2)8-7-14-23(3)15-11-22(18-23)24-16-12-21(13-17-24)20-9-5-4-6-10-20/h4-6,9-10,19,21-22H,7-8,11-18H2,1-3H3. The summed E-state index contributed by atoms with van der Waals surface area (Å²) in [5.74, 6) is 1.66. The molecule has 0 aromatic heterocycles. The zero-order chi connectivity index (χ0) is 17.0. The number of benzene rings is 1. The Morgan fingerprint density at radius 1 is 1.08 bits per heavy atom. The molecule has 2 aliphatic rings. The minimum atomic E-state index is 0.621. The highest BCUT2D eigenvalue weighted by Crippen LogP contribution is 2.45. The normalized spacial score (nSPS) is 29.4. The van der Waals surface area contributed by atoms with E-state index in [1.54, 1.807) is 5.56 Å². The van der Waals surface area contributed by atoms with Gasteiger partial charge in [-0.15, -0.1) is 0 Å². The Labute approximate surface area is 149 Å². The fourth-order valence-corrected chi connectivity index (χ4v) is 5.09. The zero-order valence-corrected chi connectivity index (χ0v) is 16.1.